The molecule has 1 aliphatic heterocycles. The van der Waals surface area contributed by atoms with Gasteiger partial charge in [0.25, 0.3) is 0 Å². The monoisotopic (exact) mass is 234 g/mol. The first-order valence-corrected chi connectivity index (χ1v) is 6.39. The number of hydrogen-bond donors (Lipinski definition) is 1. The smallest absolute Gasteiger partial charge is 0.127 e. The SMILES string of the molecule is Cc1ccc(N)c(C)c1OCCN1CCCC1. The van der Waals surface area contributed by atoms with Crippen molar-refractivity contribution in [3.63, 3.8) is 0 Å². The molecule has 1 heterocycles. The number of nitrogens with zero attached hydrogens (tertiary/aromatic N) is 1. The van der Waals surface area contributed by atoms with E-state index in [-0.39, 0.29) is 0 Å². The molecular weight excluding hydrogens is 212 g/mol. The van der Waals surface area contributed by atoms with Gasteiger partial charge in [0, 0.05) is 17.8 Å². The predicted molar refractivity (Wildman–Crippen MR) is 71.5 cm³/mol. The quantitative estimate of drug-likeness (QED) is 0.813. The van der Waals surface area contributed by atoms with Crippen LogP contribution in [0.25, 0.3) is 0 Å². The lowest BCUT2D eigenvalue weighted by molar-refractivity contribution is 0.236. The van der Waals surface area contributed by atoms with E-state index in [0.717, 1.165) is 35.7 Å². The molecule has 3 heteroatoms. The lowest BCUT2D eigenvalue weighted by Gasteiger charge is -2.17. The average molecular weight is 234 g/mol. The molecule has 0 unspecified atom stereocenters. The second-order valence-electron chi connectivity index (χ2n) is 4.82. The summed E-state index contributed by atoms with van der Waals surface area (Å²) >= 11 is 0. The number of benzene rings is 1. The zero-order valence-electron chi connectivity index (χ0n) is 10.8. The van der Waals surface area contributed by atoms with Gasteiger partial charge in [-0.1, -0.05) is 6.07 Å². The minimum absolute atomic E-state index is 0.755. The molecule has 3 nitrogen and oxygen atoms in total. The molecule has 0 aromatic heterocycles. The molecule has 0 bridgehead atoms. The van der Waals surface area contributed by atoms with Crippen LogP contribution in [0.3, 0.4) is 0 Å². The molecule has 0 atom stereocenters. The molecule has 2 rings (SSSR count). The van der Waals surface area contributed by atoms with Crippen LogP contribution in [-0.4, -0.2) is 31.1 Å². The van der Waals surface area contributed by atoms with E-state index in [4.69, 9.17) is 10.5 Å². The maximum absolute atomic E-state index is 5.89. The minimum atomic E-state index is 0.755. The van der Waals surface area contributed by atoms with Gasteiger partial charge in [0.2, 0.25) is 0 Å². The molecule has 1 saturated heterocycles. The first-order valence-electron chi connectivity index (χ1n) is 6.39. The van der Waals surface area contributed by atoms with E-state index in [1.54, 1.807) is 0 Å². The maximum atomic E-state index is 5.89. The molecule has 94 valence electrons. The summed E-state index contributed by atoms with van der Waals surface area (Å²) < 4.78 is 5.89. The van der Waals surface area contributed by atoms with Crippen LogP contribution in [0.1, 0.15) is 24.0 Å². The highest BCUT2D eigenvalue weighted by atomic mass is 16.5. The highest BCUT2D eigenvalue weighted by Crippen LogP contribution is 2.27. The summed E-state index contributed by atoms with van der Waals surface area (Å²) in [6.07, 6.45) is 2.66. The number of hydrogen-bond acceptors (Lipinski definition) is 3. The molecule has 0 aliphatic carbocycles. The first-order chi connectivity index (χ1) is 8.18. The van der Waals surface area contributed by atoms with Gasteiger partial charge in [0.1, 0.15) is 12.4 Å². The number of likely N-dealkylation sites (tertiary alicyclic amines) is 1. The van der Waals surface area contributed by atoms with Crippen LogP contribution in [-0.2, 0) is 0 Å². The fourth-order valence-corrected chi connectivity index (χ4v) is 2.35. The van der Waals surface area contributed by atoms with E-state index in [0.29, 0.717) is 0 Å². The van der Waals surface area contributed by atoms with Crippen LogP contribution >= 0.6 is 0 Å². The van der Waals surface area contributed by atoms with E-state index in [9.17, 15) is 0 Å². The van der Waals surface area contributed by atoms with E-state index in [1.807, 2.05) is 19.1 Å². The topological polar surface area (TPSA) is 38.5 Å². The third kappa shape index (κ3) is 2.91. The Morgan fingerprint density at radius 3 is 2.65 bits per heavy atom. The summed E-state index contributed by atoms with van der Waals surface area (Å²) in [5.41, 5.74) is 8.93. The maximum Gasteiger partial charge on any atom is 0.127 e. The van der Waals surface area contributed by atoms with Crippen molar-refractivity contribution in [3.8, 4) is 5.75 Å². The molecule has 0 radical (unpaired) electrons. The summed E-state index contributed by atoms with van der Waals surface area (Å²) in [5, 5.41) is 0. The van der Waals surface area contributed by atoms with Gasteiger partial charge in [-0.2, -0.15) is 0 Å². The van der Waals surface area contributed by atoms with E-state index in [2.05, 4.69) is 11.8 Å². The Morgan fingerprint density at radius 2 is 1.94 bits per heavy atom. The van der Waals surface area contributed by atoms with Gasteiger partial charge in [-0.25, -0.2) is 0 Å². The predicted octanol–water partition coefficient (Wildman–Crippen LogP) is 2.36. The third-order valence-corrected chi connectivity index (χ3v) is 3.50. The molecule has 1 fully saturated rings. The number of nitrogen functional groups attached to an aromatic ring is 1. The Kier molecular flexibility index (Phi) is 3.89. The normalized spacial score (nSPS) is 16.4. The van der Waals surface area contributed by atoms with Crippen molar-refractivity contribution >= 4 is 5.69 Å². The van der Waals surface area contributed by atoms with Crippen LogP contribution in [0.4, 0.5) is 5.69 Å². The van der Waals surface area contributed by atoms with Gasteiger partial charge < -0.3 is 10.5 Å². The second kappa shape index (κ2) is 5.41. The molecule has 0 amide bonds. The largest absolute Gasteiger partial charge is 0.492 e. The fourth-order valence-electron chi connectivity index (χ4n) is 2.35. The average Bonchev–Trinajstić information content (AvgIpc) is 2.81. The van der Waals surface area contributed by atoms with Gasteiger partial charge in [-0.15, -0.1) is 0 Å². The number of anilines is 1. The van der Waals surface area contributed by atoms with E-state index in [1.165, 1.54) is 25.9 Å². The number of ether oxygens (including phenoxy) is 1. The number of nitrogens with two attached hydrogens (primary N) is 1. The van der Waals surface area contributed by atoms with Gasteiger partial charge >= 0.3 is 0 Å². The zero-order valence-corrected chi connectivity index (χ0v) is 10.8. The van der Waals surface area contributed by atoms with Gasteiger partial charge in [-0.3, -0.25) is 4.90 Å². The van der Waals surface area contributed by atoms with Crippen LogP contribution in [0.5, 0.6) is 5.75 Å². The lowest BCUT2D eigenvalue weighted by atomic mass is 10.1. The van der Waals surface area contributed by atoms with Gasteiger partial charge in [0.05, 0.1) is 0 Å². The van der Waals surface area contributed by atoms with Crippen LogP contribution < -0.4 is 10.5 Å². The molecule has 0 saturated carbocycles. The summed E-state index contributed by atoms with van der Waals surface area (Å²) in [7, 11) is 0. The molecule has 1 aliphatic rings. The zero-order chi connectivity index (χ0) is 12.3. The molecule has 2 N–H and O–H groups in total. The van der Waals surface area contributed by atoms with Crippen molar-refractivity contribution in [2.24, 2.45) is 0 Å². The van der Waals surface area contributed by atoms with Crippen molar-refractivity contribution < 1.29 is 4.74 Å². The molecular formula is C14H22N2O. The molecule has 1 aromatic rings. The number of rotatable bonds is 4. The standard InChI is InChI=1S/C14H22N2O/c1-11-5-6-13(15)12(2)14(11)17-10-9-16-7-3-4-8-16/h5-6H,3-4,7-10,15H2,1-2H3. The fraction of sp³-hybridized carbons (Fsp3) is 0.571. The van der Waals surface area contributed by atoms with Crippen molar-refractivity contribution in [2.75, 3.05) is 32.0 Å². The molecule has 17 heavy (non-hydrogen) atoms. The Hall–Kier alpha value is -1.22. The van der Waals surface area contributed by atoms with Crippen LogP contribution in [0, 0.1) is 13.8 Å². The third-order valence-electron chi connectivity index (χ3n) is 3.50. The summed E-state index contributed by atoms with van der Waals surface area (Å²) in [4.78, 5) is 2.46. The van der Waals surface area contributed by atoms with Crippen molar-refractivity contribution in [3.05, 3.63) is 23.3 Å². The Balaban J connectivity index is 1.91. The van der Waals surface area contributed by atoms with Crippen LogP contribution in [0.15, 0.2) is 12.1 Å². The summed E-state index contributed by atoms with van der Waals surface area (Å²) in [5.74, 6) is 0.962. The van der Waals surface area contributed by atoms with Gasteiger partial charge in [0.15, 0.2) is 0 Å². The highest BCUT2D eigenvalue weighted by Gasteiger charge is 2.12. The molecule has 0 spiro atoms. The lowest BCUT2D eigenvalue weighted by Crippen LogP contribution is -2.25. The Bertz CT molecular complexity index is 384. The first kappa shape index (κ1) is 12.2. The number of aryl methyl sites for hydroxylation is 1. The summed E-state index contributed by atoms with van der Waals surface area (Å²) in [6.45, 7) is 8.31. The van der Waals surface area contributed by atoms with Crippen molar-refractivity contribution in [2.45, 2.75) is 26.7 Å². The summed E-state index contributed by atoms with van der Waals surface area (Å²) in [6, 6.07) is 3.96. The van der Waals surface area contributed by atoms with Gasteiger partial charge in [-0.05, 0) is 51.4 Å². The van der Waals surface area contributed by atoms with Crippen LogP contribution in [0.2, 0.25) is 0 Å². The minimum Gasteiger partial charge on any atom is -0.492 e. The molecule has 1 aromatic carbocycles. The van der Waals surface area contributed by atoms with Crippen molar-refractivity contribution in [1.29, 1.82) is 0 Å². The Morgan fingerprint density at radius 1 is 1.24 bits per heavy atom. The highest BCUT2D eigenvalue weighted by molar-refractivity contribution is 5.56. The Labute approximate surface area is 104 Å². The second-order valence-corrected chi connectivity index (χ2v) is 4.82. The van der Waals surface area contributed by atoms with E-state index < -0.39 is 0 Å². The van der Waals surface area contributed by atoms with Crippen molar-refractivity contribution in [1.82, 2.24) is 4.90 Å². The van der Waals surface area contributed by atoms with E-state index >= 15 is 0 Å².